The minimum Gasteiger partial charge on any atom is -0.326 e. The summed E-state index contributed by atoms with van der Waals surface area (Å²) in [6, 6.07) is 2.34. The first-order valence-electron chi connectivity index (χ1n) is 9.66. The molecule has 0 aromatic carbocycles. The number of rotatable bonds is 5. The van der Waals surface area contributed by atoms with Crippen molar-refractivity contribution < 1.29 is 14.6 Å². The van der Waals surface area contributed by atoms with E-state index in [-0.39, 0.29) is 5.91 Å². The van der Waals surface area contributed by atoms with Crippen LogP contribution in [0.1, 0.15) is 42.7 Å². The third kappa shape index (κ3) is 4.22. The minimum absolute atomic E-state index is 0.0529. The summed E-state index contributed by atoms with van der Waals surface area (Å²) in [4.78, 5) is 16.8. The van der Waals surface area contributed by atoms with Crippen molar-refractivity contribution in [3.63, 3.8) is 0 Å². The van der Waals surface area contributed by atoms with Gasteiger partial charge in [-0.25, -0.2) is 0 Å². The number of piperazine rings is 1. The smallest absolute Gasteiger partial charge is 0.280 e. The molecule has 1 fully saturated rings. The maximum Gasteiger partial charge on any atom is 0.280 e. The van der Waals surface area contributed by atoms with E-state index in [1.54, 1.807) is 16.2 Å². The summed E-state index contributed by atoms with van der Waals surface area (Å²) in [7, 11) is 0. The van der Waals surface area contributed by atoms with Crippen LogP contribution in [-0.4, -0.2) is 45.2 Å². The minimum atomic E-state index is 0.0529. The van der Waals surface area contributed by atoms with Gasteiger partial charge in [-0.1, -0.05) is 13.3 Å². The molecular weight excluding hydrogens is 332 g/mol. The van der Waals surface area contributed by atoms with E-state index in [2.05, 4.69) is 25.2 Å². The van der Waals surface area contributed by atoms with Crippen molar-refractivity contribution in [2.24, 2.45) is 5.92 Å². The molecule has 0 unspecified atom stereocenters. The summed E-state index contributed by atoms with van der Waals surface area (Å²) in [6.07, 6.45) is 4.40. The maximum absolute atomic E-state index is 12.5. The SMILES string of the molecule is CC[C@H]1CCc2c(sc(NC(=O)C[NH+]3CC[NH+](CC)CC3)c2C#N)C1. The first-order chi connectivity index (χ1) is 12.1. The number of nitriles is 1. The molecule has 2 heterocycles. The molecule has 0 radical (unpaired) electrons. The molecule has 6 heteroatoms. The molecular formula is C19H30N4OS+2. The van der Waals surface area contributed by atoms with Crippen LogP contribution in [0.2, 0.25) is 0 Å². The fraction of sp³-hybridized carbons (Fsp3) is 0.684. The standard InChI is InChI=1S/C19H28N4OS/c1-3-14-5-6-15-16(12-20)19(25-17(15)11-14)21-18(24)13-23-9-7-22(4-2)8-10-23/h14H,3-11,13H2,1-2H3,(H,21,24)/p+2/t14-/m0/s1. The van der Waals surface area contributed by atoms with Gasteiger partial charge in [0.1, 0.15) is 37.2 Å². The van der Waals surface area contributed by atoms with Crippen LogP contribution in [0.3, 0.4) is 0 Å². The lowest BCUT2D eigenvalue weighted by molar-refractivity contribution is -1.01. The van der Waals surface area contributed by atoms with Crippen LogP contribution >= 0.6 is 11.3 Å². The molecule has 1 aromatic rings. The van der Waals surface area contributed by atoms with Gasteiger partial charge in [0.15, 0.2) is 6.54 Å². The number of hydrogen-bond acceptors (Lipinski definition) is 3. The van der Waals surface area contributed by atoms with Gasteiger partial charge in [-0.15, -0.1) is 11.3 Å². The fourth-order valence-corrected chi connectivity index (χ4v) is 5.42. The van der Waals surface area contributed by atoms with Crippen LogP contribution in [0, 0.1) is 17.2 Å². The van der Waals surface area contributed by atoms with Gasteiger partial charge in [0.25, 0.3) is 5.91 Å². The highest BCUT2D eigenvalue weighted by Crippen LogP contribution is 2.39. The lowest BCUT2D eigenvalue weighted by atomic mass is 9.86. The largest absolute Gasteiger partial charge is 0.326 e. The quantitative estimate of drug-likeness (QED) is 0.684. The summed E-state index contributed by atoms with van der Waals surface area (Å²) in [5.74, 6) is 0.778. The number of thiophene rings is 1. The average molecular weight is 363 g/mol. The summed E-state index contributed by atoms with van der Waals surface area (Å²) in [5.41, 5.74) is 1.91. The highest BCUT2D eigenvalue weighted by atomic mass is 32.1. The van der Waals surface area contributed by atoms with Crippen molar-refractivity contribution in [2.75, 3.05) is 44.6 Å². The van der Waals surface area contributed by atoms with Gasteiger partial charge in [-0.05, 0) is 37.7 Å². The molecule has 3 N–H and O–H groups in total. The lowest BCUT2D eigenvalue weighted by Crippen LogP contribution is -3.28. The number of quaternary nitrogens is 2. The first kappa shape index (κ1) is 18.4. The molecule has 1 aliphatic heterocycles. The Labute approximate surface area is 154 Å². The summed E-state index contributed by atoms with van der Waals surface area (Å²) < 4.78 is 0. The van der Waals surface area contributed by atoms with Gasteiger partial charge >= 0.3 is 0 Å². The Balaban J connectivity index is 1.62. The van der Waals surface area contributed by atoms with Crippen molar-refractivity contribution in [3.8, 4) is 6.07 Å². The average Bonchev–Trinajstić information content (AvgIpc) is 2.97. The van der Waals surface area contributed by atoms with Crippen molar-refractivity contribution in [3.05, 3.63) is 16.0 Å². The summed E-state index contributed by atoms with van der Waals surface area (Å²) in [6.45, 7) is 10.6. The Morgan fingerprint density at radius 2 is 2.00 bits per heavy atom. The van der Waals surface area contributed by atoms with E-state index >= 15 is 0 Å². The van der Waals surface area contributed by atoms with Gasteiger partial charge in [-0.2, -0.15) is 5.26 Å². The van der Waals surface area contributed by atoms with E-state index in [9.17, 15) is 10.1 Å². The highest BCUT2D eigenvalue weighted by molar-refractivity contribution is 7.16. The number of anilines is 1. The van der Waals surface area contributed by atoms with Gasteiger partial charge in [0.2, 0.25) is 0 Å². The molecule has 3 rings (SSSR count). The van der Waals surface area contributed by atoms with Crippen LogP contribution in [0.15, 0.2) is 0 Å². The Bertz CT molecular complexity index is 655. The molecule has 1 atom stereocenters. The van der Waals surface area contributed by atoms with Crippen LogP contribution in [0.25, 0.3) is 0 Å². The number of nitrogens with zero attached hydrogens (tertiary/aromatic N) is 1. The van der Waals surface area contributed by atoms with E-state index < -0.39 is 0 Å². The third-order valence-electron chi connectivity index (χ3n) is 5.88. The molecule has 0 bridgehead atoms. The number of carbonyl (C=O) groups is 1. The Kier molecular flexibility index (Phi) is 6.10. The van der Waals surface area contributed by atoms with E-state index in [1.165, 1.54) is 28.3 Å². The molecule has 0 saturated carbocycles. The maximum atomic E-state index is 12.5. The molecule has 5 nitrogen and oxygen atoms in total. The van der Waals surface area contributed by atoms with Gasteiger partial charge in [-0.3, -0.25) is 4.79 Å². The predicted molar refractivity (Wildman–Crippen MR) is 100 cm³/mol. The molecule has 1 aromatic heterocycles. The monoisotopic (exact) mass is 362 g/mol. The van der Waals surface area contributed by atoms with Crippen molar-refractivity contribution in [1.82, 2.24) is 0 Å². The Morgan fingerprint density at radius 3 is 2.64 bits per heavy atom. The Hall–Kier alpha value is -1.42. The number of carbonyl (C=O) groups excluding carboxylic acids is 1. The van der Waals surface area contributed by atoms with Crippen LogP contribution in [0.5, 0.6) is 0 Å². The molecule has 136 valence electrons. The predicted octanol–water partition coefficient (Wildman–Crippen LogP) is -0.124. The zero-order chi connectivity index (χ0) is 17.8. The molecule has 1 aliphatic carbocycles. The van der Waals surface area contributed by atoms with Crippen LogP contribution in [0.4, 0.5) is 5.00 Å². The second-order valence-electron chi connectivity index (χ2n) is 7.42. The number of likely N-dealkylation sites (N-methyl/N-ethyl adjacent to an activating group) is 1. The lowest BCUT2D eigenvalue weighted by Gasteiger charge is -2.28. The van der Waals surface area contributed by atoms with E-state index in [0.29, 0.717) is 6.54 Å². The normalized spacial score (nSPS) is 25.9. The summed E-state index contributed by atoms with van der Waals surface area (Å²) in [5, 5.41) is 13.4. The molecule has 1 saturated heterocycles. The molecule has 25 heavy (non-hydrogen) atoms. The zero-order valence-electron chi connectivity index (χ0n) is 15.4. The number of nitrogens with one attached hydrogen (secondary N) is 3. The third-order valence-corrected chi connectivity index (χ3v) is 7.05. The van der Waals surface area contributed by atoms with Gasteiger partial charge < -0.3 is 15.1 Å². The summed E-state index contributed by atoms with van der Waals surface area (Å²) >= 11 is 1.63. The second-order valence-corrected chi connectivity index (χ2v) is 8.52. The topological polar surface area (TPSA) is 61.8 Å². The van der Waals surface area contributed by atoms with Crippen molar-refractivity contribution >= 4 is 22.2 Å². The van der Waals surface area contributed by atoms with Crippen molar-refractivity contribution in [1.29, 1.82) is 5.26 Å². The highest BCUT2D eigenvalue weighted by Gasteiger charge is 2.27. The number of fused-ring (bicyclic) bond motifs is 1. The van der Waals surface area contributed by atoms with E-state index in [1.807, 2.05) is 0 Å². The molecule has 1 amide bonds. The number of amides is 1. The zero-order valence-corrected chi connectivity index (χ0v) is 16.2. The van der Waals surface area contributed by atoms with Crippen molar-refractivity contribution in [2.45, 2.75) is 39.5 Å². The first-order valence-corrected chi connectivity index (χ1v) is 10.5. The van der Waals surface area contributed by atoms with E-state index in [0.717, 1.165) is 61.9 Å². The van der Waals surface area contributed by atoms with E-state index in [4.69, 9.17) is 0 Å². The van der Waals surface area contributed by atoms with Crippen LogP contribution < -0.4 is 15.1 Å². The number of hydrogen-bond donors (Lipinski definition) is 3. The molecule has 2 aliphatic rings. The van der Waals surface area contributed by atoms with Crippen LogP contribution in [-0.2, 0) is 17.6 Å². The Morgan fingerprint density at radius 1 is 1.28 bits per heavy atom. The van der Waals surface area contributed by atoms with Gasteiger partial charge in [0, 0.05) is 4.88 Å². The fourth-order valence-electron chi connectivity index (χ4n) is 4.09. The second kappa shape index (κ2) is 8.31. The van der Waals surface area contributed by atoms with Gasteiger partial charge in [0.05, 0.1) is 12.1 Å². The molecule has 0 spiro atoms.